The lowest BCUT2D eigenvalue weighted by atomic mass is 10.3. The molecule has 0 aliphatic carbocycles. The Hall–Kier alpha value is -2.49. The minimum Gasteiger partial charge on any atom is -0.323 e. The number of hydrogen-bond acceptors (Lipinski definition) is 5. The van der Waals surface area contributed by atoms with Crippen LogP contribution in [-0.4, -0.2) is 30.0 Å². The van der Waals surface area contributed by atoms with E-state index in [4.69, 9.17) is 5.84 Å². The molecular weight excluding hydrogens is 306 g/mol. The van der Waals surface area contributed by atoms with Crippen LogP contribution in [0.5, 0.6) is 0 Å². The number of nitrogens with zero attached hydrogens (tertiary/aromatic N) is 2. The number of rotatable bonds is 4. The van der Waals surface area contributed by atoms with Crippen molar-refractivity contribution in [3.8, 4) is 0 Å². The molecule has 0 spiro atoms. The summed E-state index contributed by atoms with van der Waals surface area (Å²) in [6.45, 7) is 0. The third-order valence-electron chi connectivity index (χ3n) is 2.48. The Bertz CT molecular complexity index is 759. The van der Waals surface area contributed by atoms with Crippen LogP contribution in [0.25, 0.3) is 0 Å². The Morgan fingerprint density at radius 1 is 1.29 bits per heavy atom. The third-order valence-corrected chi connectivity index (χ3v) is 3.79. The van der Waals surface area contributed by atoms with Crippen LogP contribution in [-0.2, 0) is 9.84 Å². The number of alkyl halides is 2. The molecule has 7 nitrogen and oxygen atoms in total. The van der Waals surface area contributed by atoms with Crippen LogP contribution in [0.15, 0.2) is 41.6 Å². The summed E-state index contributed by atoms with van der Waals surface area (Å²) < 4.78 is 48.1. The van der Waals surface area contributed by atoms with Gasteiger partial charge in [-0.1, -0.05) is 18.2 Å². The molecule has 0 aliphatic heterocycles. The Morgan fingerprint density at radius 2 is 1.90 bits per heavy atom. The summed E-state index contributed by atoms with van der Waals surface area (Å²) in [5, 5.41) is 4.54. The van der Waals surface area contributed by atoms with E-state index in [-0.39, 0.29) is 0 Å². The van der Waals surface area contributed by atoms with Gasteiger partial charge < -0.3 is 11.2 Å². The number of amides is 1. The number of hydrogen-bond donors (Lipinski definition) is 2. The molecular formula is C11H10F2N4O3S. The zero-order valence-electron chi connectivity index (χ0n) is 10.4. The maximum Gasteiger partial charge on any atom is 0.342 e. The van der Waals surface area contributed by atoms with Crippen molar-refractivity contribution < 1.29 is 22.0 Å². The van der Waals surface area contributed by atoms with Crippen molar-refractivity contribution in [2.75, 3.05) is 11.2 Å². The number of carbonyl (C=O) groups excluding carboxylic acids is 1. The lowest BCUT2D eigenvalue weighted by Gasteiger charge is -2.05. The Kier molecular flexibility index (Phi) is 3.89. The summed E-state index contributed by atoms with van der Waals surface area (Å²) in [4.78, 5) is 12.5. The summed E-state index contributed by atoms with van der Waals surface area (Å²) in [6.07, 6.45) is 0.855. The number of sulfone groups is 1. The summed E-state index contributed by atoms with van der Waals surface area (Å²) in [5.74, 6) is 0.620. The van der Waals surface area contributed by atoms with E-state index < -0.39 is 32.1 Å². The summed E-state index contributed by atoms with van der Waals surface area (Å²) in [6, 6.07) is 8.08. The van der Waals surface area contributed by atoms with Gasteiger partial charge in [0, 0.05) is 5.69 Å². The largest absolute Gasteiger partial charge is 0.342 e. The molecule has 1 aromatic heterocycles. The number of para-hydroxylation sites is 1. The number of nitrogens with one attached hydrogen (secondary N) is 1. The molecule has 1 heterocycles. The van der Waals surface area contributed by atoms with Crippen LogP contribution in [0.3, 0.4) is 0 Å². The first-order chi connectivity index (χ1) is 9.82. The van der Waals surface area contributed by atoms with Crippen molar-refractivity contribution in [1.29, 1.82) is 0 Å². The summed E-state index contributed by atoms with van der Waals surface area (Å²) in [7, 11) is -5.03. The zero-order valence-corrected chi connectivity index (χ0v) is 11.2. The van der Waals surface area contributed by atoms with Gasteiger partial charge in [0.25, 0.3) is 15.7 Å². The minimum absolute atomic E-state index is 0.368. The molecule has 21 heavy (non-hydrogen) atoms. The van der Waals surface area contributed by atoms with Crippen molar-refractivity contribution in [3.05, 3.63) is 42.1 Å². The van der Waals surface area contributed by atoms with Crippen molar-refractivity contribution in [2.24, 2.45) is 0 Å². The fourth-order valence-corrected chi connectivity index (χ4v) is 2.37. The highest BCUT2D eigenvalue weighted by molar-refractivity contribution is 7.91. The first kappa shape index (κ1) is 14.9. The van der Waals surface area contributed by atoms with E-state index in [2.05, 4.69) is 10.4 Å². The van der Waals surface area contributed by atoms with E-state index in [1.54, 1.807) is 30.3 Å². The topological polar surface area (TPSA) is 107 Å². The van der Waals surface area contributed by atoms with Gasteiger partial charge in [0.2, 0.25) is 0 Å². The number of nitrogens with two attached hydrogens (primary N) is 1. The second kappa shape index (κ2) is 5.48. The number of halogens is 2. The van der Waals surface area contributed by atoms with E-state index in [0.717, 1.165) is 6.20 Å². The van der Waals surface area contributed by atoms with Gasteiger partial charge in [-0.25, -0.2) is 8.42 Å². The molecule has 2 rings (SSSR count). The zero-order chi connectivity index (χ0) is 15.6. The van der Waals surface area contributed by atoms with Crippen LogP contribution < -0.4 is 11.2 Å². The monoisotopic (exact) mass is 316 g/mol. The number of aromatic nitrogens is 2. The molecule has 0 unspecified atom stereocenters. The van der Waals surface area contributed by atoms with E-state index in [0.29, 0.717) is 10.5 Å². The van der Waals surface area contributed by atoms with Crippen molar-refractivity contribution in [1.82, 2.24) is 9.89 Å². The van der Waals surface area contributed by atoms with Crippen LogP contribution >= 0.6 is 0 Å². The molecule has 10 heteroatoms. The van der Waals surface area contributed by atoms with E-state index in [1.165, 1.54) is 0 Å². The van der Waals surface area contributed by atoms with Gasteiger partial charge in [-0.3, -0.25) is 4.79 Å². The van der Waals surface area contributed by atoms with Crippen LogP contribution in [0.2, 0.25) is 0 Å². The predicted molar refractivity (Wildman–Crippen MR) is 70.0 cm³/mol. The first-order valence-electron chi connectivity index (χ1n) is 5.55. The highest BCUT2D eigenvalue weighted by atomic mass is 32.2. The molecule has 0 saturated carbocycles. The van der Waals surface area contributed by atoms with Gasteiger partial charge in [-0.05, 0) is 12.1 Å². The third kappa shape index (κ3) is 2.99. The number of carbonyl (C=O) groups is 1. The Balaban J connectivity index is 2.39. The molecule has 1 amide bonds. The summed E-state index contributed by atoms with van der Waals surface area (Å²) in [5.41, 5.74) is -0.186. The molecule has 0 radical (unpaired) electrons. The fourth-order valence-electron chi connectivity index (χ4n) is 1.55. The van der Waals surface area contributed by atoms with Gasteiger partial charge in [-0.2, -0.15) is 13.6 Å². The van der Waals surface area contributed by atoms with Gasteiger partial charge >= 0.3 is 5.76 Å². The van der Waals surface area contributed by atoms with Gasteiger partial charge in [0.1, 0.15) is 0 Å². The predicted octanol–water partition coefficient (Wildman–Crippen LogP) is 0.845. The van der Waals surface area contributed by atoms with Crippen LogP contribution in [0.4, 0.5) is 14.5 Å². The molecule has 112 valence electrons. The smallest absolute Gasteiger partial charge is 0.323 e. The van der Waals surface area contributed by atoms with Crippen molar-refractivity contribution >= 4 is 21.4 Å². The molecule has 3 N–H and O–H groups in total. The SMILES string of the molecule is Nn1cc(C(=O)Nc2ccccc2)c(S(=O)(=O)C(F)F)n1. The van der Waals surface area contributed by atoms with E-state index in [1.807, 2.05) is 0 Å². The maximum atomic E-state index is 12.6. The fraction of sp³-hybridized carbons (Fsp3) is 0.0909. The second-order valence-electron chi connectivity index (χ2n) is 3.95. The average Bonchev–Trinajstić information content (AvgIpc) is 2.82. The normalized spacial score (nSPS) is 11.6. The van der Waals surface area contributed by atoms with Crippen LogP contribution in [0, 0.1) is 0 Å². The molecule has 0 bridgehead atoms. The number of benzene rings is 1. The molecule has 2 aromatic rings. The second-order valence-corrected chi connectivity index (χ2v) is 5.79. The Morgan fingerprint density at radius 3 is 2.48 bits per heavy atom. The average molecular weight is 316 g/mol. The molecule has 0 saturated heterocycles. The minimum atomic E-state index is -5.03. The summed E-state index contributed by atoms with van der Waals surface area (Å²) >= 11 is 0. The maximum absolute atomic E-state index is 12.6. The Labute approximate surface area is 118 Å². The number of nitrogen functional groups attached to an aromatic ring is 1. The molecule has 1 aromatic carbocycles. The molecule has 0 atom stereocenters. The lowest BCUT2D eigenvalue weighted by molar-refractivity contribution is 0.102. The van der Waals surface area contributed by atoms with Gasteiger partial charge in [0.05, 0.1) is 11.8 Å². The highest BCUT2D eigenvalue weighted by Gasteiger charge is 2.34. The standard InChI is InChI=1S/C11H10F2N4O3S/c12-11(13)21(19,20)10-8(6-17(14)16-10)9(18)15-7-4-2-1-3-5-7/h1-6,11H,14H2,(H,15,18). The van der Waals surface area contributed by atoms with Gasteiger partial charge in [-0.15, -0.1) is 5.10 Å². The van der Waals surface area contributed by atoms with Crippen LogP contribution in [0.1, 0.15) is 10.4 Å². The number of anilines is 1. The van der Waals surface area contributed by atoms with Crippen molar-refractivity contribution in [3.63, 3.8) is 0 Å². The highest BCUT2D eigenvalue weighted by Crippen LogP contribution is 2.21. The lowest BCUT2D eigenvalue weighted by Crippen LogP contribution is -2.19. The van der Waals surface area contributed by atoms with E-state index in [9.17, 15) is 22.0 Å². The first-order valence-corrected chi connectivity index (χ1v) is 7.10. The quantitative estimate of drug-likeness (QED) is 0.813. The molecule has 0 fully saturated rings. The van der Waals surface area contributed by atoms with E-state index >= 15 is 0 Å². The molecule has 0 aliphatic rings. The van der Waals surface area contributed by atoms with Crippen molar-refractivity contribution in [2.45, 2.75) is 10.8 Å². The van der Waals surface area contributed by atoms with Gasteiger partial charge in [0.15, 0.2) is 5.03 Å².